The van der Waals surface area contributed by atoms with E-state index in [1.54, 1.807) is 0 Å². The molecule has 4 nitrogen and oxygen atoms in total. The van der Waals surface area contributed by atoms with E-state index in [-0.39, 0.29) is 6.61 Å². The van der Waals surface area contributed by atoms with E-state index >= 15 is 0 Å². The van der Waals surface area contributed by atoms with Crippen LogP contribution in [-0.2, 0) is 11.3 Å². The minimum Gasteiger partial charge on any atom is -0.402 e. The molecule has 0 saturated heterocycles. The lowest BCUT2D eigenvalue weighted by Gasteiger charge is -2.11. The molecular weight excluding hydrogens is 277 g/mol. The molecule has 0 bridgehead atoms. The average molecular weight is 293 g/mol. The summed E-state index contributed by atoms with van der Waals surface area (Å²) < 4.78 is 4.89. The van der Waals surface area contributed by atoms with Crippen LogP contribution in [0.2, 0.25) is 0 Å². The van der Waals surface area contributed by atoms with Gasteiger partial charge in [0.25, 0.3) is 0 Å². The van der Waals surface area contributed by atoms with Gasteiger partial charge in [0.1, 0.15) is 0 Å². The molecule has 0 fully saturated rings. The zero-order valence-electron chi connectivity index (χ0n) is 12.2. The Morgan fingerprint density at radius 1 is 1.05 bits per heavy atom. The number of fused-ring (bicyclic) bond motifs is 1. The summed E-state index contributed by atoms with van der Waals surface area (Å²) in [7, 11) is -1.78. The molecule has 0 unspecified atom stereocenters. The average Bonchev–Trinajstić information content (AvgIpc) is 2.53. The van der Waals surface area contributed by atoms with Crippen molar-refractivity contribution in [3.8, 4) is 11.3 Å². The molecule has 0 radical (unpaired) electrons. The van der Waals surface area contributed by atoms with Crippen molar-refractivity contribution in [2.45, 2.75) is 13.5 Å². The van der Waals surface area contributed by atoms with Crippen LogP contribution >= 0.6 is 0 Å². The zero-order valence-corrected chi connectivity index (χ0v) is 12.2. The standard InChI is InChI=1S/C17H16BNO3/c1-12-10-17(19-16-9-5-4-7-14(12)16)15-8-3-2-6-13(15)11-22-18(20)21/h2-10,20-21H,11H2,1H3. The third kappa shape index (κ3) is 3.02. The Morgan fingerprint density at radius 3 is 2.59 bits per heavy atom. The SMILES string of the molecule is Cc1cc(-c2ccccc2COB(O)O)nc2ccccc12. The van der Waals surface area contributed by atoms with Crippen LogP contribution in [0.3, 0.4) is 0 Å². The Morgan fingerprint density at radius 2 is 1.77 bits per heavy atom. The monoisotopic (exact) mass is 293 g/mol. The van der Waals surface area contributed by atoms with Gasteiger partial charge in [-0.1, -0.05) is 42.5 Å². The predicted molar refractivity (Wildman–Crippen MR) is 86.9 cm³/mol. The lowest BCUT2D eigenvalue weighted by atomic mass is 10.0. The van der Waals surface area contributed by atoms with Gasteiger partial charge in [-0.15, -0.1) is 0 Å². The van der Waals surface area contributed by atoms with Gasteiger partial charge < -0.3 is 14.7 Å². The number of benzene rings is 2. The van der Waals surface area contributed by atoms with Gasteiger partial charge in [-0.2, -0.15) is 0 Å². The van der Waals surface area contributed by atoms with Crippen molar-refractivity contribution in [3.63, 3.8) is 0 Å². The van der Waals surface area contributed by atoms with Crippen molar-refractivity contribution in [2.24, 2.45) is 0 Å². The molecular formula is C17H16BNO3. The third-order valence-electron chi connectivity index (χ3n) is 3.60. The summed E-state index contributed by atoms with van der Waals surface area (Å²) in [4.78, 5) is 4.71. The van der Waals surface area contributed by atoms with Crippen LogP contribution in [0.15, 0.2) is 54.6 Å². The quantitative estimate of drug-likeness (QED) is 0.726. The molecule has 3 rings (SSSR count). The summed E-state index contributed by atoms with van der Waals surface area (Å²) in [5, 5.41) is 18.9. The minimum atomic E-state index is -1.78. The highest BCUT2D eigenvalue weighted by atomic mass is 16.6. The van der Waals surface area contributed by atoms with Gasteiger partial charge in [-0.05, 0) is 30.2 Å². The van der Waals surface area contributed by atoms with E-state index in [2.05, 4.69) is 13.0 Å². The second-order valence-corrected chi connectivity index (χ2v) is 5.14. The number of aryl methyl sites for hydroxylation is 1. The summed E-state index contributed by atoms with van der Waals surface area (Å²) in [5.41, 5.74) is 4.73. The molecule has 5 heteroatoms. The lowest BCUT2D eigenvalue weighted by Crippen LogP contribution is -2.16. The van der Waals surface area contributed by atoms with Crippen LogP contribution < -0.4 is 0 Å². The molecule has 2 aromatic carbocycles. The highest BCUT2D eigenvalue weighted by molar-refractivity contribution is 6.32. The van der Waals surface area contributed by atoms with E-state index in [1.807, 2.05) is 48.5 Å². The number of para-hydroxylation sites is 1. The smallest absolute Gasteiger partial charge is 0.402 e. The van der Waals surface area contributed by atoms with Crippen molar-refractivity contribution in [3.05, 3.63) is 65.7 Å². The molecule has 0 atom stereocenters. The topological polar surface area (TPSA) is 62.6 Å². The van der Waals surface area contributed by atoms with Crippen molar-refractivity contribution in [2.75, 3.05) is 0 Å². The lowest BCUT2D eigenvalue weighted by molar-refractivity contribution is 0.177. The van der Waals surface area contributed by atoms with Crippen molar-refractivity contribution >= 4 is 18.2 Å². The van der Waals surface area contributed by atoms with Crippen LogP contribution in [0.1, 0.15) is 11.1 Å². The molecule has 0 aliphatic heterocycles. The van der Waals surface area contributed by atoms with Gasteiger partial charge in [0.15, 0.2) is 0 Å². The van der Waals surface area contributed by atoms with E-state index in [0.29, 0.717) is 0 Å². The van der Waals surface area contributed by atoms with E-state index in [1.165, 1.54) is 0 Å². The predicted octanol–water partition coefficient (Wildman–Crippen LogP) is 2.70. The normalized spacial score (nSPS) is 10.9. The number of hydrogen-bond donors (Lipinski definition) is 2. The highest BCUT2D eigenvalue weighted by Gasteiger charge is 2.12. The van der Waals surface area contributed by atoms with Gasteiger partial charge in [-0.25, -0.2) is 4.98 Å². The molecule has 0 amide bonds. The highest BCUT2D eigenvalue weighted by Crippen LogP contribution is 2.27. The number of nitrogens with zero attached hydrogens (tertiary/aromatic N) is 1. The van der Waals surface area contributed by atoms with Crippen LogP contribution in [0.5, 0.6) is 0 Å². The van der Waals surface area contributed by atoms with E-state index in [4.69, 9.17) is 19.7 Å². The van der Waals surface area contributed by atoms with Gasteiger partial charge in [0.05, 0.1) is 17.8 Å². The van der Waals surface area contributed by atoms with Crippen LogP contribution in [0.25, 0.3) is 22.2 Å². The maximum atomic E-state index is 8.88. The van der Waals surface area contributed by atoms with Crippen molar-refractivity contribution < 1.29 is 14.7 Å². The van der Waals surface area contributed by atoms with Crippen LogP contribution in [0.4, 0.5) is 0 Å². The van der Waals surface area contributed by atoms with Gasteiger partial charge >= 0.3 is 7.32 Å². The summed E-state index contributed by atoms with van der Waals surface area (Å²) in [6.07, 6.45) is 0. The fourth-order valence-electron chi connectivity index (χ4n) is 2.55. The van der Waals surface area contributed by atoms with Gasteiger partial charge in [0, 0.05) is 10.9 Å². The third-order valence-corrected chi connectivity index (χ3v) is 3.60. The Bertz CT molecular complexity index is 805. The van der Waals surface area contributed by atoms with Gasteiger partial charge in [0.2, 0.25) is 0 Å². The Labute approximate surface area is 129 Å². The molecule has 0 aliphatic carbocycles. The molecule has 1 aromatic heterocycles. The summed E-state index contributed by atoms with van der Waals surface area (Å²) in [6.45, 7) is 2.17. The first-order chi connectivity index (χ1) is 10.6. The number of aromatic nitrogens is 1. The first-order valence-electron chi connectivity index (χ1n) is 7.07. The second kappa shape index (κ2) is 6.28. The molecule has 0 spiro atoms. The molecule has 3 aromatic rings. The number of pyridine rings is 1. The van der Waals surface area contributed by atoms with Crippen molar-refractivity contribution in [1.29, 1.82) is 0 Å². The van der Waals surface area contributed by atoms with Crippen LogP contribution in [-0.4, -0.2) is 22.4 Å². The Balaban J connectivity index is 2.07. The van der Waals surface area contributed by atoms with E-state index in [0.717, 1.165) is 33.3 Å². The van der Waals surface area contributed by atoms with Crippen LogP contribution in [0, 0.1) is 6.92 Å². The largest absolute Gasteiger partial charge is 0.634 e. The summed E-state index contributed by atoms with van der Waals surface area (Å²) in [6, 6.07) is 17.7. The fraction of sp³-hybridized carbons (Fsp3) is 0.118. The molecule has 110 valence electrons. The molecule has 0 saturated carbocycles. The molecule has 2 N–H and O–H groups in total. The number of hydrogen-bond acceptors (Lipinski definition) is 4. The first kappa shape index (κ1) is 14.7. The minimum absolute atomic E-state index is 0.112. The number of rotatable bonds is 4. The summed E-state index contributed by atoms with van der Waals surface area (Å²) >= 11 is 0. The molecule has 22 heavy (non-hydrogen) atoms. The van der Waals surface area contributed by atoms with Gasteiger partial charge in [-0.3, -0.25) is 0 Å². The maximum absolute atomic E-state index is 8.88. The first-order valence-corrected chi connectivity index (χ1v) is 7.07. The Hall–Kier alpha value is -2.21. The molecule has 1 heterocycles. The fourth-order valence-corrected chi connectivity index (χ4v) is 2.55. The zero-order chi connectivity index (χ0) is 15.5. The van der Waals surface area contributed by atoms with E-state index < -0.39 is 7.32 Å². The summed E-state index contributed by atoms with van der Waals surface area (Å²) in [5.74, 6) is 0. The molecule has 0 aliphatic rings. The van der Waals surface area contributed by atoms with E-state index in [9.17, 15) is 0 Å². The maximum Gasteiger partial charge on any atom is 0.634 e. The van der Waals surface area contributed by atoms with Crippen molar-refractivity contribution in [1.82, 2.24) is 4.98 Å². The second-order valence-electron chi connectivity index (χ2n) is 5.14. The Kier molecular flexibility index (Phi) is 4.20.